The molecule has 1 N–H and O–H groups in total. The Hall–Kier alpha value is -1.000. The molecule has 3 rings (SSSR count). The minimum Gasteiger partial charge on any atom is -0.484 e. The van der Waals surface area contributed by atoms with Crippen LogP contribution in [0.15, 0.2) is 36.7 Å². The number of hydrogen-bond donors (Lipinski definition) is 1. The number of rotatable bonds is 4. The van der Waals surface area contributed by atoms with Crippen LogP contribution >= 0.6 is 34.8 Å². The van der Waals surface area contributed by atoms with Gasteiger partial charge in [0, 0.05) is 35.4 Å². The maximum atomic E-state index is 6.23. The number of pyridine rings is 1. The molecule has 22 heavy (non-hydrogen) atoms. The number of nitrogens with one attached hydrogen (secondary N) is 1. The van der Waals surface area contributed by atoms with Crippen molar-refractivity contribution in [1.29, 1.82) is 0 Å². The Morgan fingerprint density at radius 1 is 1.14 bits per heavy atom. The topological polar surface area (TPSA) is 34.1 Å². The predicted octanol–water partition coefficient (Wildman–Crippen LogP) is 4.77. The fourth-order valence-corrected chi connectivity index (χ4v) is 3.30. The number of benzene rings is 1. The van der Waals surface area contributed by atoms with Crippen LogP contribution in [0.2, 0.25) is 15.1 Å². The molecule has 0 aliphatic carbocycles. The molecule has 0 bridgehead atoms. The monoisotopic (exact) mass is 356 g/mol. The number of nitrogens with zero attached hydrogens (tertiary/aromatic N) is 1. The maximum Gasteiger partial charge on any atom is 0.138 e. The largest absolute Gasteiger partial charge is 0.484 e. The van der Waals surface area contributed by atoms with E-state index in [2.05, 4.69) is 10.3 Å². The van der Waals surface area contributed by atoms with Crippen LogP contribution in [0.3, 0.4) is 0 Å². The van der Waals surface area contributed by atoms with E-state index >= 15 is 0 Å². The van der Waals surface area contributed by atoms with Gasteiger partial charge in [-0.1, -0.05) is 34.8 Å². The molecule has 1 fully saturated rings. The van der Waals surface area contributed by atoms with Crippen LogP contribution in [0.4, 0.5) is 0 Å². The SMILES string of the molecule is Clc1cncc([C@H](Oc2ccc(Cl)cc2Cl)[C@H]2CCNC2)c1. The van der Waals surface area contributed by atoms with Gasteiger partial charge in [0.15, 0.2) is 0 Å². The average molecular weight is 358 g/mol. The highest BCUT2D eigenvalue weighted by molar-refractivity contribution is 6.35. The molecule has 1 aromatic carbocycles. The van der Waals surface area contributed by atoms with Gasteiger partial charge in [-0.15, -0.1) is 0 Å². The van der Waals surface area contributed by atoms with Crippen molar-refractivity contribution in [2.45, 2.75) is 12.5 Å². The smallest absolute Gasteiger partial charge is 0.138 e. The second-order valence-corrected chi connectivity index (χ2v) is 6.58. The van der Waals surface area contributed by atoms with Crippen molar-refractivity contribution in [1.82, 2.24) is 10.3 Å². The van der Waals surface area contributed by atoms with E-state index in [9.17, 15) is 0 Å². The van der Waals surface area contributed by atoms with Crippen molar-refractivity contribution in [3.63, 3.8) is 0 Å². The van der Waals surface area contributed by atoms with Crippen LogP contribution in [0.25, 0.3) is 0 Å². The van der Waals surface area contributed by atoms with Crippen molar-refractivity contribution in [3.8, 4) is 5.75 Å². The summed E-state index contributed by atoms with van der Waals surface area (Å²) in [6.07, 6.45) is 4.28. The van der Waals surface area contributed by atoms with Crippen molar-refractivity contribution in [3.05, 3.63) is 57.3 Å². The molecule has 0 radical (unpaired) electrons. The number of halogens is 3. The van der Waals surface area contributed by atoms with E-state index in [1.807, 2.05) is 6.07 Å². The van der Waals surface area contributed by atoms with Gasteiger partial charge in [-0.05, 0) is 37.2 Å². The molecule has 1 aliphatic rings. The first kappa shape index (κ1) is 15.9. The summed E-state index contributed by atoms with van der Waals surface area (Å²) in [5.74, 6) is 0.954. The fourth-order valence-electron chi connectivity index (χ4n) is 2.66. The minimum atomic E-state index is -0.153. The molecule has 1 aromatic heterocycles. The summed E-state index contributed by atoms with van der Waals surface area (Å²) in [7, 11) is 0. The van der Waals surface area contributed by atoms with Crippen LogP contribution in [0.1, 0.15) is 18.1 Å². The van der Waals surface area contributed by atoms with E-state index in [1.165, 1.54) is 0 Å². The molecule has 2 atom stereocenters. The molecular weight excluding hydrogens is 343 g/mol. The normalized spacial score (nSPS) is 19.1. The van der Waals surface area contributed by atoms with Crippen LogP contribution in [-0.2, 0) is 0 Å². The summed E-state index contributed by atoms with van der Waals surface area (Å²) in [5, 5.41) is 5.04. The van der Waals surface area contributed by atoms with Crippen molar-refractivity contribution < 1.29 is 4.74 Å². The van der Waals surface area contributed by atoms with E-state index < -0.39 is 0 Å². The van der Waals surface area contributed by atoms with Gasteiger partial charge < -0.3 is 10.1 Å². The summed E-state index contributed by atoms with van der Waals surface area (Å²) in [6, 6.07) is 7.13. The van der Waals surface area contributed by atoms with Gasteiger partial charge in [0.25, 0.3) is 0 Å². The first-order valence-corrected chi connectivity index (χ1v) is 8.20. The Kier molecular flexibility index (Phi) is 5.09. The quantitative estimate of drug-likeness (QED) is 0.855. The third-order valence-electron chi connectivity index (χ3n) is 3.73. The second-order valence-electron chi connectivity index (χ2n) is 5.30. The van der Waals surface area contributed by atoms with Crippen LogP contribution in [0.5, 0.6) is 5.75 Å². The Labute approximate surface area is 144 Å². The zero-order valence-electron chi connectivity index (χ0n) is 11.7. The highest BCUT2D eigenvalue weighted by Crippen LogP contribution is 2.36. The van der Waals surface area contributed by atoms with Gasteiger partial charge in [-0.3, -0.25) is 4.98 Å². The standard InChI is InChI=1S/C16H15Cl3N2O/c17-12-1-2-15(14(19)6-12)22-16(10-3-4-20-7-10)11-5-13(18)9-21-8-11/h1-2,5-6,8-10,16,20H,3-4,7H2/t10-,16+/m0/s1. The van der Waals surface area contributed by atoms with E-state index in [0.29, 0.717) is 26.7 Å². The molecular formula is C16H15Cl3N2O. The predicted molar refractivity (Wildman–Crippen MR) is 90.1 cm³/mol. The lowest BCUT2D eigenvalue weighted by atomic mass is 9.96. The molecule has 2 heterocycles. The zero-order valence-corrected chi connectivity index (χ0v) is 14.0. The molecule has 1 aliphatic heterocycles. The van der Waals surface area contributed by atoms with Crippen LogP contribution < -0.4 is 10.1 Å². The average Bonchev–Trinajstić information content (AvgIpc) is 3.00. The van der Waals surface area contributed by atoms with Gasteiger partial charge in [0.2, 0.25) is 0 Å². The zero-order chi connectivity index (χ0) is 15.5. The Morgan fingerprint density at radius 2 is 2.00 bits per heavy atom. The second kappa shape index (κ2) is 7.05. The molecule has 0 unspecified atom stereocenters. The number of aromatic nitrogens is 1. The lowest BCUT2D eigenvalue weighted by molar-refractivity contribution is 0.144. The lowest BCUT2D eigenvalue weighted by Crippen LogP contribution is -2.21. The molecule has 116 valence electrons. The molecule has 6 heteroatoms. The highest BCUT2D eigenvalue weighted by atomic mass is 35.5. The lowest BCUT2D eigenvalue weighted by Gasteiger charge is -2.25. The summed E-state index contributed by atoms with van der Waals surface area (Å²) in [6.45, 7) is 1.87. The number of hydrogen-bond acceptors (Lipinski definition) is 3. The fraction of sp³-hybridized carbons (Fsp3) is 0.312. The van der Waals surface area contributed by atoms with Gasteiger partial charge in [-0.25, -0.2) is 0 Å². The van der Waals surface area contributed by atoms with E-state index in [1.54, 1.807) is 30.6 Å². The number of ether oxygens (including phenoxy) is 1. The molecule has 2 aromatic rings. The first-order valence-electron chi connectivity index (χ1n) is 7.06. The van der Waals surface area contributed by atoms with Crippen LogP contribution in [0, 0.1) is 5.92 Å². The summed E-state index contributed by atoms with van der Waals surface area (Å²) in [4.78, 5) is 4.17. The highest BCUT2D eigenvalue weighted by Gasteiger charge is 2.29. The molecule has 1 saturated heterocycles. The summed E-state index contributed by atoms with van der Waals surface area (Å²) < 4.78 is 6.20. The summed E-state index contributed by atoms with van der Waals surface area (Å²) >= 11 is 18.2. The Bertz CT molecular complexity index is 660. The minimum absolute atomic E-state index is 0.153. The van der Waals surface area contributed by atoms with Crippen molar-refractivity contribution in [2.24, 2.45) is 5.92 Å². The van der Waals surface area contributed by atoms with Crippen LogP contribution in [-0.4, -0.2) is 18.1 Å². The van der Waals surface area contributed by atoms with Gasteiger partial charge in [0.1, 0.15) is 11.9 Å². The molecule has 0 saturated carbocycles. The molecule has 3 nitrogen and oxygen atoms in total. The maximum absolute atomic E-state index is 6.23. The van der Waals surface area contributed by atoms with Gasteiger partial charge in [-0.2, -0.15) is 0 Å². The first-order chi connectivity index (χ1) is 10.6. The van der Waals surface area contributed by atoms with E-state index in [0.717, 1.165) is 25.1 Å². The van der Waals surface area contributed by atoms with E-state index in [4.69, 9.17) is 39.5 Å². The van der Waals surface area contributed by atoms with Crippen molar-refractivity contribution in [2.75, 3.05) is 13.1 Å². The molecule has 0 spiro atoms. The van der Waals surface area contributed by atoms with E-state index in [-0.39, 0.29) is 6.10 Å². The summed E-state index contributed by atoms with van der Waals surface area (Å²) in [5.41, 5.74) is 0.951. The molecule has 0 amide bonds. The third kappa shape index (κ3) is 3.66. The van der Waals surface area contributed by atoms with Gasteiger partial charge >= 0.3 is 0 Å². The Balaban J connectivity index is 1.91. The van der Waals surface area contributed by atoms with Gasteiger partial charge in [0.05, 0.1) is 10.0 Å². The van der Waals surface area contributed by atoms with Crippen molar-refractivity contribution >= 4 is 34.8 Å². The Morgan fingerprint density at radius 3 is 2.68 bits per heavy atom. The third-order valence-corrected chi connectivity index (χ3v) is 4.47.